The zero-order valence-corrected chi connectivity index (χ0v) is 12.4. The smallest absolute Gasteiger partial charge is 0.159 e. The maximum Gasteiger partial charge on any atom is 0.159 e. The predicted molar refractivity (Wildman–Crippen MR) is 89.1 cm³/mol. The summed E-state index contributed by atoms with van der Waals surface area (Å²) in [7, 11) is -1.62. The lowest BCUT2D eigenvalue weighted by Crippen LogP contribution is -2.14. The molecule has 0 fully saturated rings. The molecular weight excluding hydrogens is 275 g/mol. The van der Waals surface area contributed by atoms with Gasteiger partial charge in [-0.25, -0.2) is 0 Å². The van der Waals surface area contributed by atoms with Crippen LogP contribution in [0.4, 0.5) is 0 Å². The van der Waals surface area contributed by atoms with Crippen LogP contribution < -0.4 is 10.2 Å². The first-order valence-corrected chi connectivity index (χ1v) is 8.12. The highest BCUT2D eigenvalue weighted by Crippen LogP contribution is 2.23. The van der Waals surface area contributed by atoms with E-state index >= 15 is 0 Å². The van der Waals surface area contributed by atoms with Gasteiger partial charge < -0.3 is 4.89 Å². The fourth-order valence-electron chi connectivity index (χ4n) is 2.29. The highest BCUT2D eigenvalue weighted by molar-refractivity contribution is 7.60. The van der Waals surface area contributed by atoms with Crippen LogP contribution in [0.2, 0.25) is 0 Å². The third-order valence-corrected chi connectivity index (χ3v) is 4.98. The molecule has 1 atom stereocenters. The summed E-state index contributed by atoms with van der Waals surface area (Å²) in [5.74, 6) is 0. The zero-order valence-electron chi connectivity index (χ0n) is 11.5. The summed E-state index contributed by atoms with van der Waals surface area (Å²) in [4.78, 5) is 13.1. The van der Waals surface area contributed by atoms with Gasteiger partial charge >= 0.3 is 0 Å². The summed E-state index contributed by atoms with van der Waals surface area (Å²) in [5.41, 5.74) is 2.02. The monoisotopic (exact) mass is 290 g/mol. The molecule has 0 heterocycles. The average molecular weight is 290 g/mol. The van der Waals surface area contributed by atoms with E-state index < -0.39 is 7.77 Å². The quantitative estimate of drug-likeness (QED) is 0.678. The van der Waals surface area contributed by atoms with E-state index in [1.165, 1.54) is 0 Å². The Hall–Kier alpha value is -2.21. The van der Waals surface area contributed by atoms with Gasteiger partial charge in [0.1, 0.15) is 5.30 Å². The molecule has 0 aromatic heterocycles. The molecule has 0 saturated carbocycles. The predicted octanol–water partition coefficient (Wildman–Crippen LogP) is 3.34. The number of hydrogen-bond acceptors (Lipinski definition) is 1. The van der Waals surface area contributed by atoms with Crippen LogP contribution in [0, 0.1) is 0 Å². The van der Waals surface area contributed by atoms with Gasteiger partial charge in [-0.15, -0.1) is 0 Å². The summed E-state index contributed by atoms with van der Waals surface area (Å²) >= 11 is 0. The Labute approximate surface area is 126 Å². The summed E-state index contributed by atoms with van der Waals surface area (Å²) in [6.45, 7) is 0. The zero-order chi connectivity index (χ0) is 14.5. The Kier molecular flexibility index (Phi) is 4.25. The molecule has 0 aliphatic carbocycles. The second-order valence-corrected chi connectivity index (χ2v) is 6.26. The highest BCUT2D eigenvalue weighted by Gasteiger charge is 2.17. The van der Waals surface area contributed by atoms with Gasteiger partial charge in [0.15, 0.2) is 5.29 Å². The van der Waals surface area contributed by atoms with Gasteiger partial charge in [-0.2, -0.15) is 0 Å². The largest absolute Gasteiger partial charge is 0.625 e. The minimum absolute atomic E-state index is 0.857. The van der Waals surface area contributed by atoms with E-state index in [0.29, 0.717) is 0 Å². The van der Waals surface area contributed by atoms with E-state index in [1.807, 2.05) is 91.0 Å². The van der Waals surface area contributed by atoms with Crippen molar-refractivity contribution >= 4 is 18.4 Å². The Morgan fingerprint density at radius 2 is 0.952 bits per heavy atom. The molecule has 0 radical (unpaired) electrons. The molecule has 0 amide bonds. The molecule has 1 nitrogen and oxygen atoms in total. The first kappa shape index (κ1) is 13.8. The minimum Gasteiger partial charge on any atom is -0.625 e. The van der Waals surface area contributed by atoms with Gasteiger partial charge in [0, 0.05) is 11.1 Å². The summed E-state index contributed by atoms with van der Waals surface area (Å²) in [6, 6.07) is 29.5. The molecule has 102 valence electrons. The molecule has 0 saturated heterocycles. The van der Waals surface area contributed by atoms with E-state index in [0.717, 1.165) is 21.7 Å². The van der Waals surface area contributed by atoms with Crippen LogP contribution in [0.25, 0.3) is 0 Å². The number of rotatable bonds is 3. The SMILES string of the molecule is [O-][P+](=C(c1ccccc1)c1ccccc1)c1ccccc1. The normalized spacial score (nSPS) is 11.0. The first-order valence-electron chi connectivity index (χ1n) is 6.86. The van der Waals surface area contributed by atoms with Crippen LogP contribution in [0.3, 0.4) is 0 Å². The van der Waals surface area contributed by atoms with Gasteiger partial charge in [-0.3, -0.25) is 0 Å². The molecule has 0 bridgehead atoms. The van der Waals surface area contributed by atoms with E-state index in [2.05, 4.69) is 0 Å². The van der Waals surface area contributed by atoms with E-state index in [1.54, 1.807) is 0 Å². The molecule has 1 unspecified atom stereocenters. The molecule has 3 aromatic carbocycles. The van der Waals surface area contributed by atoms with Crippen LogP contribution in [-0.4, -0.2) is 5.29 Å². The molecule has 0 spiro atoms. The second kappa shape index (κ2) is 6.49. The third kappa shape index (κ3) is 3.11. The summed E-state index contributed by atoms with van der Waals surface area (Å²) < 4.78 is 0. The van der Waals surface area contributed by atoms with Crippen molar-refractivity contribution in [1.82, 2.24) is 0 Å². The fourth-order valence-corrected chi connectivity index (χ4v) is 3.75. The van der Waals surface area contributed by atoms with Gasteiger partial charge in [0.25, 0.3) is 0 Å². The van der Waals surface area contributed by atoms with Crippen molar-refractivity contribution in [2.75, 3.05) is 0 Å². The standard InChI is InChI=1S/C19H15OP/c20-21(18-14-8-3-9-15-18)19(16-10-4-1-5-11-16)17-12-6-2-7-13-17/h1-15H. The molecule has 3 rings (SSSR count). The Balaban J connectivity index is 2.22. The van der Waals surface area contributed by atoms with E-state index in [9.17, 15) is 4.89 Å². The average Bonchev–Trinajstić information content (AvgIpc) is 2.58. The Morgan fingerprint density at radius 1 is 0.571 bits per heavy atom. The summed E-state index contributed by atoms with van der Waals surface area (Å²) in [5, 5.41) is 1.74. The molecule has 0 N–H and O–H groups in total. The maximum atomic E-state index is 13.1. The van der Waals surface area contributed by atoms with Gasteiger partial charge in [0.2, 0.25) is 0 Å². The van der Waals surface area contributed by atoms with Crippen molar-refractivity contribution in [1.29, 1.82) is 0 Å². The van der Waals surface area contributed by atoms with Crippen molar-refractivity contribution in [2.24, 2.45) is 0 Å². The van der Waals surface area contributed by atoms with Gasteiger partial charge in [0.05, 0.1) is 7.77 Å². The van der Waals surface area contributed by atoms with Crippen LogP contribution >= 0.6 is 7.77 Å². The highest BCUT2D eigenvalue weighted by atomic mass is 31.1. The lowest BCUT2D eigenvalue weighted by Gasteiger charge is -2.08. The van der Waals surface area contributed by atoms with Gasteiger partial charge in [-0.1, -0.05) is 78.9 Å². The van der Waals surface area contributed by atoms with Crippen molar-refractivity contribution in [2.45, 2.75) is 0 Å². The lowest BCUT2D eigenvalue weighted by molar-refractivity contribution is -0.149. The molecule has 21 heavy (non-hydrogen) atoms. The Morgan fingerprint density at radius 3 is 1.38 bits per heavy atom. The first-order chi connectivity index (χ1) is 10.4. The van der Waals surface area contributed by atoms with Crippen LogP contribution in [0.15, 0.2) is 91.0 Å². The fraction of sp³-hybridized carbons (Fsp3) is 0. The number of hydrogen-bond donors (Lipinski definition) is 0. The van der Waals surface area contributed by atoms with Crippen LogP contribution in [0.5, 0.6) is 0 Å². The van der Waals surface area contributed by atoms with Crippen LogP contribution in [-0.2, 0) is 0 Å². The lowest BCUT2D eigenvalue weighted by atomic mass is 10.1. The maximum absolute atomic E-state index is 13.1. The molecule has 0 aliphatic rings. The third-order valence-electron chi connectivity index (χ3n) is 3.29. The van der Waals surface area contributed by atoms with Crippen molar-refractivity contribution in [3.8, 4) is 0 Å². The molecular formula is C19H15OP. The van der Waals surface area contributed by atoms with Crippen molar-refractivity contribution in [3.05, 3.63) is 102 Å². The minimum atomic E-state index is -1.62. The second-order valence-electron chi connectivity index (χ2n) is 4.71. The van der Waals surface area contributed by atoms with Crippen molar-refractivity contribution < 1.29 is 4.89 Å². The Bertz CT molecular complexity index is 693. The van der Waals surface area contributed by atoms with Gasteiger partial charge in [-0.05, 0) is 12.1 Å². The van der Waals surface area contributed by atoms with Crippen molar-refractivity contribution in [3.63, 3.8) is 0 Å². The van der Waals surface area contributed by atoms with E-state index in [-0.39, 0.29) is 0 Å². The summed E-state index contributed by atoms with van der Waals surface area (Å²) in [6.07, 6.45) is 0. The molecule has 3 aromatic rings. The van der Waals surface area contributed by atoms with E-state index in [4.69, 9.17) is 0 Å². The molecule has 2 heteroatoms. The molecule has 0 aliphatic heterocycles. The van der Waals surface area contributed by atoms with Crippen LogP contribution in [0.1, 0.15) is 11.1 Å². The topological polar surface area (TPSA) is 23.1 Å². The number of benzene rings is 3.